The van der Waals surface area contributed by atoms with Gasteiger partial charge in [-0.3, -0.25) is 0 Å². The molecule has 0 radical (unpaired) electrons. The summed E-state index contributed by atoms with van der Waals surface area (Å²) >= 11 is 5.75. The normalized spacial score (nSPS) is 9.08. The number of hydrogen-bond acceptors (Lipinski definition) is 2. The Morgan fingerprint density at radius 1 is 1.38 bits per heavy atom. The Morgan fingerprint density at radius 2 is 2.15 bits per heavy atom. The minimum Gasteiger partial charge on any atom is -0.397 e. The first-order chi connectivity index (χ1) is 6.24. The second kappa shape index (κ2) is 4.76. The molecule has 0 aliphatic heterocycles. The van der Waals surface area contributed by atoms with Gasteiger partial charge in [-0.15, -0.1) is 0 Å². The molecule has 4 N–H and O–H groups in total. The van der Waals surface area contributed by atoms with Crippen molar-refractivity contribution in [2.45, 2.75) is 6.42 Å². The van der Waals surface area contributed by atoms with E-state index in [0.29, 0.717) is 23.7 Å². The number of anilines is 1. The standard InChI is InChI=1S/C10H11ClN2/c11-9-5-4-8(7-10(9)13)3-1-2-6-12/h4-5,7H,2,6,12-13H2. The Hall–Kier alpha value is -1.17. The van der Waals surface area contributed by atoms with E-state index in [1.807, 2.05) is 6.07 Å². The van der Waals surface area contributed by atoms with Crippen molar-refractivity contribution in [2.24, 2.45) is 5.73 Å². The molecule has 3 heteroatoms. The van der Waals surface area contributed by atoms with E-state index in [-0.39, 0.29) is 0 Å². The average molecular weight is 195 g/mol. The van der Waals surface area contributed by atoms with Crippen molar-refractivity contribution in [1.29, 1.82) is 0 Å². The molecular weight excluding hydrogens is 184 g/mol. The number of nitrogens with two attached hydrogens (primary N) is 2. The SMILES string of the molecule is NCCC#Cc1ccc(Cl)c(N)c1. The molecule has 2 nitrogen and oxygen atoms in total. The molecule has 0 saturated heterocycles. The second-order valence-corrected chi connectivity index (χ2v) is 2.98. The molecule has 0 saturated carbocycles. The van der Waals surface area contributed by atoms with Crippen molar-refractivity contribution in [3.05, 3.63) is 28.8 Å². The van der Waals surface area contributed by atoms with Crippen molar-refractivity contribution in [3.63, 3.8) is 0 Å². The maximum atomic E-state index is 5.75. The van der Waals surface area contributed by atoms with Crippen LogP contribution in [0.5, 0.6) is 0 Å². The summed E-state index contributed by atoms with van der Waals surface area (Å²) in [5.74, 6) is 5.87. The molecule has 0 bridgehead atoms. The van der Waals surface area contributed by atoms with E-state index in [0.717, 1.165) is 5.56 Å². The predicted molar refractivity (Wildman–Crippen MR) is 56.4 cm³/mol. The van der Waals surface area contributed by atoms with Crippen molar-refractivity contribution in [1.82, 2.24) is 0 Å². The summed E-state index contributed by atoms with van der Waals surface area (Å²) in [7, 11) is 0. The van der Waals surface area contributed by atoms with Crippen LogP contribution in [0.1, 0.15) is 12.0 Å². The maximum absolute atomic E-state index is 5.75. The molecule has 0 amide bonds. The van der Waals surface area contributed by atoms with Gasteiger partial charge in [-0.05, 0) is 18.2 Å². The zero-order chi connectivity index (χ0) is 9.68. The first kappa shape index (κ1) is 9.91. The molecule has 1 aromatic carbocycles. The molecular formula is C10H11ClN2. The largest absolute Gasteiger partial charge is 0.397 e. The van der Waals surface area contributed by atoms with E-state index < -0.39 is 0 Å². The first-order valence-electron chi connectivity index (χ1n) is 3.98. The van der Waals surface area contributed by atoms with Gasteiger partial charge in [0.15, 0.2) is 0 Å². The van der Waals surface area contributed by atoms with Crippen LogP contribution in [0.4, 0.5) is 5.69 Å². The summed E-state index contributed by atoms with van der Waals surface area (Å²) < 4.78 is 0. The zero-order valence-corrected chi connectivity index (χ0v) is 7.93. The number of rotatable bonds is 1. The smallest absolute Gasteiger partial charge is 0.0636 e. The molecule has 0 heterocycles. The highest BCUT2D eigenvalue weighted by Gasteiger charge is 1.94. The van der Waals surface area contributed by atoms with Crippen molar-refractivity contribution < 1.29 is 0 Å². The fourth-order valence-electron chi connectivity index (χ4n) is 0.858. The highest BCUT2D eigenvalue weighted by Crippen LogP contribution is 2.18. The van der Waals surface area contributed by atoms with Gasteiger partial charge in [0.25, 0.3) is 0 Å². The first-order valence-corrected chi connectivity index (χ1v) is 4.36. The third-order valence-electron chi connectivity index (χ3n) is 1.50. The van der Waals surface area contributed by atoms with Crippen LogP contribution in [0, 0.1) is 11.8 Å². The van der Waals surface area contributed by atoms with Gasteiger partial charge in [0, 0.05) is 18.5 Å². The highest BCUT2D eigenvalue weighted by molar-refractivity contribution is 6.33. The molecule has 0 spiro atoms. The Morgan fingerprint density at radius 3 is 2.77 bits per heavy atom. The lowest BCUT2D eigenvalue weighted by molar-refractivity contribution is 1.03. The lowest BCUT2D eigenvalue weighted by Gasteiger charge is -1.96. The molecule has 68 valence electrons. The number of halogens is 1. The average Bonchev–Trinajstić information content (AvgIpc) is 2.12. The maximum Gasteiger partial charge on any atom is 0.0636 e. The summed E-state index contributed by atoms with van der Waals surface area (Å²) in [5, 5.41) is 0.560. The van der Waals surface area contributed by atoms with E-state index in [4.69, 9.17) is 23.1 Å². The van der Waals surface area contributed by atoms with Crippen LogP contribution in [0.3, 0.4) is 0 Å². The third kappa shape index (κ3) is 2.98. The monoisotopic (exact) mass is 194 g/mol. The third-order valence-corrected chi connectivity index (χ3v) is 1.84. The molecule has 0 aliphatic carbocycles. The van der Waals surface area contributed by atoms with Gasteiger partial charge >= 0.3 is 0 Å². The molecule has 1 aromatic rings. The van der Waals surface area contributed by atoms with Crippen LogP contribution in [0.15, 0.2) is 18.2 Å². The van der Waals surface area contributed by atoms with Crippen LogP contribution in [-0.2, 0) is 0 Å². The lowest BCUT2D eigenvalue weighted by atomic mass is 10.2. The van der Waals surface area contributed by atoms with E-state index in [9.17, 15) is 0 Å². The van der Waals surface area contributed by atoms with Crippen molar-refractivity contribution in [3.8, 4) is 11.8 Å². The summed E-state index contributed by atoms with van der Waals surface area (Å²) in [6.45, 7) is 0.579. The van der Waals surface area contributed by atoms with Gasteiger partial charge in [-0.25, -0.2) is 0 Å². The van der Waals surface area contributed by atoms with Gasteiger partial charge in [0.05, 0.1) is 10.7 Å². The van der Waals surface area contributed by atoms with E-state index in [2.05, 4.69) is 11.8 Å². The molecule has 0 atom stereocenters. The van der Waals surface area contributed by atoms with Crippen LogP contribution >= 0.6 is 11.6 Å². The Balaban J connectivity index is 2.81. The molecule has 1 rings (SSSR count). The second-order valence-electron chi connectivity index (χ2n) is 2.58. The topological polar surface area (TPSA) is 52.0 Å². The minimum atomic E-state index is 0.557. The van der Waals surface area contributed by atoms with Gasteiger partial charge in [-0.2, -0.15) is 0 Å². The summed E-state index contributed by atoms with van der Waals surface area (Å²) in [6.07, 6.45) is 0.697. The van der Waals surface area contributed by atoms with Gasteiger partial charge in [0.2, 0.25) is 0 Å². The van der Waals surface area contributed by atoms with Gasteiger partial charge in [0.1, 0.15) is 0 Å². The number of hydrogen-bond donors (Lipinski definition) is 2. The van der Waals surface area contributed by atoms with Crippen LogP contribution in [0.25, 0.3) is 0 Å². The Labute approximate surface area is 82.9 Å². The Kier molecular flexibility index (Phi) is 3.63. The van der Waals surface area contributed by atoms with Crippen LogP contribution in [-0.4, -0.2) is 6.54 Å². The quantitative estimate of drug-likeness (QED) is 0.527. The lowest BCUT2D eigenvalue weighted by Crippen LogP contribution is -1.95. The molecule has 0 fully saturated rings. The van der Waals surface area contributed by atoms with Crippen molar-refractivity contribution in [2.75, 3.05) is 12.3 Å². The summed E-state index contributed by atoms with van der Waals surface area (Å²) in [5.41, 5.74) is 12.3. The highest BCUT2D eigenvalue weighted by atomic mass is 35.5. The van der Waals surface area contributed by atoms with Crippen LogP contribution in [0.2, 0.25) is 5.02 Å². The summed E-state index contributed by atoms with van der Waals surface area (Å²) in [6, 6.07) is 5.33. The molecule has 0 unspecified atom stereocenters. The fraction of sp³-hybridized carbons (Fsp3) is 0.200. The molecule has 0 aromatic heterocycles. The predicted octanol–water partition coefficient (Wildman–Crippen LogP) is 1.62. The Bertz CT molecular complexity index is 350. The summed E-state index contributed by atoms with van der Waals surface area (Å²) in [4.78, 5) is 0. The minimum absolute atomic E-state index is 0.557. The number of nitrogen functional groups attached to an aromatic ring is 1. The zero-order valence-electron chi connectivity index (χ0n) is 7.18. The van der Waals surface area contributed by atoms with Gasteiger partial charge < -0.3 is 11.5 Å². The van der Waals surface area contributed by atoms with Crippen molar-refractivity contribution >= 4 is 17.3 Å². The molecule has 0 aliphatic rings. The molecule has 13 heavy (non-hydrogen) atoms. The van der Waals surface area contributed by atoms with E-state index in [1.54, 1.807) is 12.1 Å². The fourth-order valence-corrected chi connectivity index (χ4v) is 0.976. The van der Waals surface area contributed by atoms with Crippen LogP contribution < -0.4 is 11.5 Å². The van der Waals surface area contributed by atoms with E-state index >= 15 is 0 Å². The van der Waals surface area contributed by atoms with Gasteiger partial charge in [-0.1, -0.05) is 23.4 Å². The van der Waals surface area contributed by atoms with E-state index in [1.165, 1.54) is 0 Å². The number of benzene rings is 1.